The summed E-state index contributed by atoms with van der Waals surface area (Å²) in [6.07, 6.45) is -0.348. The molecule has 0 aliphatic carbocycles. The van der Waals surface area contributed by atoms with Crippen LogP contribution in [0.2, 0.25) is 0 Å². The van der Waals surface area contributed by atoms with Gasteiger partial charge in [-0.2, -0.15) is 0 Å². The lowest BCUT2D eigenvalue weighted by atomic mass is 10.1. The summed E-state index contributed by atoms with van der Waals surface area (Å²) in [6, 6.07) is 5.29. The summed E-state index contributed by atoms with van der Waals surface area (Å²) >= 11 is 0. The minimum Gasteiger partial charge on any atom is -0.497 e. The van der Waals surface area contributed by atoms with Gasteiger partial charge in [-0.05, 0) is 18.2 Å². The number of rotatable bonds is 2. The van der Waals surface area contributed by atoms with Gasteiger partial charge in [-0.3, -0.25) is 0 Å². The van der Waals surface area contributed by atoms with Crippen molar-refractivity contribution in [2.24, 2.45) is 0 Å². The van der Waals surface area contributed by atoms with Crippen molar-refractivity contribution in [3.8, 4) is 11.5 Å². The third kappa shape index (κ3) is 1.39. The van der Waals surface area contributed by atoms with Gasteiger partial charge < -0.3 is 14.6 Å². The van der Waals surface area contributed by atoms with E-state index in [1.807, 2.05) is 0 Å². The van der Waals surface area contributed by atoms with Gasteiger partial charge in [-0.25, -0.2) is 4.79 Å². The predicted molar refractivity (Wildman–Crippen MR) is 48.7 cm³/mol. The van der Waals surface area contributed by atoms with Crippen LogP contribution in [-0.2, 0) is 11.2 Å². The van der Waals surface area contributed by atoms with Gasteiger partial charge in [0.2, 0.25) is 0 Å². The van der Waals surface area contributed by atoms with Gasteiger partial charge in [0.05, 0.1) is 7.11 Å². The highest BCUT2D eigenvalue weighted by molar-refractivity contribution is 5.74. The SMILES string of the molecule is COc1ccc2c(c1)C[C@H](C(=O)O)O2. The third-order valence-corrected chi connectivity index (χ3v) is 2.22. The van der Waals surface area contributed by atoms with E-state index in [1.54, 1.807) is 25.3 Å². The van der Waals surface area contributed by atoms with Gasteiger partial charge in [0.25, 0.3) is 0 Å². The van der Waals surface area contributed by atoms with Crippen molar-refractivity contribution in [1.82, 2.24) is 0 Å². The zero-order valence-corrected chi connectivity index (χ0v) is 7.69. The quantitative estimate of drug-likeness (QED) is 0.765. The van der Waals surface area contributed by atoms with E-state index >= 15 is 0 Å². The number of methoxy groups -OCH3 is 1. The average molecular weight is 194 g/mol. The Kier molecular flexibility index (Phi) is 2.04. The number of benzene rings is 1. The molecule has 0 aromatic heterocycles. The minimum absolute atomic E-state index is 0.405. The number of carboxylic acids is 1. The predicted octanol–water partition coefficient (Wildman–Crippen LogP) is 1.08. The summed E-state index contributed by atoms with van der Waals surface area (Å²) in [5, 5.41) is 8.76. The molecule has 1 aromatic rings. The van der Waals surface area contributed by atoms with Crippen LogP contribution in [0.25, 0.3) is 0 Å². The molecule has 74 valence electrons. The second-order valence-corrected chi connectivity index (χ2v) is 3.12. The largest absolute Gasteiger partial charge is 0.497 e. The molecule has 14 heavy (non-hydrogen) atoms. The van der Waals surface area contributed by atoms with E-state index in [4.69, 9.17) is 14.6 Å². The Labute approximate surface area is 81.1 Å². The van der Waals surface area contributed by atoms with Crippen LogP contribution in [0.3, 0.4) is 0 Å². The highest BCUT2D eigenvalue weighted by atomic mass is 16.5. The van der Waals surface area contributed by atoms with Gasteiger partial charge in [-0.15, -0.1) is 0 Å². The molecule has 0 unspecified atom stereocenters. The lowest BCUT2D eigenvalue weighted by molar-refractivity contribution is -0.144. The van der Waals surface area contributed by atoms with Crippen molar-refractivity contribution in [2.45, 2.75) is 12.5 Å². The van der Waals surface area contributed by atoms with Crippen LogP contribution in [0.4, 0.5) is 0 Å². The van der Waals surface area contributed by atoms with Crippen molar-refractivity contribution < 1.29 is 19.4 Å². The number of carboxylic acid groups (broad SMARTS) is 1. The molecule has 1 heterocycles. The van der Waals surface area contributed by atoms with Gasteiger partial charge >= 0.3 is 5.97 Å². The molecule has 0 amide bonds. The van der Waals surface area contributed by atoms with Crippen LogP contribution in [0, 0.1) is 0 Å². The van der Waals surface area contributed by atoms with Crippen molar-refractivity contribution in [3.63, 3.8) is 0 Å². The zero-order chi connectivity index (χ0) is 10.1. The van der Waals surface area contributed by atoms with Crippen LogP contribution in [0.15, 0.2) is 18.2 Å². The summed E-state index contributed by atoms with van der Waals surface area (Å²) < 4.78 is 10.2. The smallest absolute Gasteiger partial charge is 0.345 e. The number of carbonyl (C=O) groups is 1. The Bertz CT molecular complexity index is 372. The Morgan fingerprint density at radius 2 is 2.43 bits per heavy atom. The molecular weight excluding hydrogens is 184 g/mol. The highest BCUT2D eigenvalue weighted by Crippen LogP contribution is 2.31. The maximum atomic E-state index is 10.7. The van der Waals surface area contributed by atoms with Gasteiger partial charge in [0, 0.05) is 12.0 Å². The summed E-state index contributed by atoms with van der Waals surface area (Å²) in [4.78, 5) is 10.7. The van der Waals surface area contributed by atoms with E-state index in [9.17, 15) is 4.79 Å². The molecule has 0 spiro atoms. The number of fused-ring (bicyclic) bond motifs is 1. The summed E-state index contributed by atoms with van der Waals surface area (Å²) in [5.41, 5.74) is 0.886. The maximum absolute atomic E-state index is 10.7. The first-order valence-electron chi connectivity index (χ1n) is 4.27. The lowest BCUT2D eigenvalue weighted by Gasteiger charge is -2.03. The van der Waals surface area contributed by atoms with Crippen molar-refractivity contribution >= 4 is 5.97 Å². The number of hydrogen-bond donors (Lipinski definition) is 1. The van der Waals surface area contributed by atoms with Crippen molar-refractivity contribution in [3.05, 3.63) is 23.8 Å². The number of hydrogen-bond acceptors (Lipinski definition) is 3. The first-order valence-corrected chi connectivity index (χ1v) is 4.27. The molecule has 1 aliphatic heterocycles. The number of aliphatic carboxylic acids is 1. The molecular formula is C10H10O4. The molecule has 0 saturated heterocycles. The Morgan fingerprint density at radius 3 is 3.07 bits per heavy atom. The fourth-order valence-corrected chi connectivity index (χ4v) is 1.49. The highest BCUT2D eigenvalue weighted by Gasteiger charge is 2.28. The summed E-state index contributed by atoms with van der Waals surface area (Å²) in [5.74, 6) is 0.428. The fourth-order valence-electron chi connectivity index (χ4n) is 1.49. The standard InChI is InChI=1S/C10H10O4/c1-13-7-2-3-8-6(4-7)5-9(14-8)10(11)12/h2-4,9H,5H2,1H3,(H,11,12)/t9-/m1/s1. The third-order valence-electron chi connectivity index (χ3n) is 2.22. The first-order chi connectivity index (χ1) is 6.70. The Hall–Kier alpha value is -1.71. The topological polar surface area (TPSA) is 55.8 Å². The normalized spacial score (nSPS) is 18.5. The molecule has 1 aliphatic rings. The fraction of sp³-hybridized carbons (Fsp3) is 0.300. The minimum atomic E-state index is -0.930. The van der Waals surface area contributed by atoms with E-state index in [-0.39, 0.29) is 0 Å². The zero-order valence-electron chi connectivity index (χ0n) is 7.69. The van der Waals surface area contributed by atoms with Gasteiger partial charge in [0.1, 0.15) is 11.5 Å². The van der Waals surface area contributed by atoms with Gasteiger partial charge in [-0.1, -0.05) is 0 Å². The molecule has 0 radical (unpaired) electrons. The van der Waals surface area contributed by atoms with Crippen LogP contribution in [0.1, 0.15) is 5.56 Å². The molecule has 0 bridgehead atoms. The molecule has 1 atom stereocenters. The van der Waals surface area contributed by atoms with E-state index < -0.39 is 12.1 Å². The van der Waals surface area contributed by atoms with Crippen molar-refractivity contribution in [2.75, 3.05) is 7.11 Å². The first kappa shape index (κ1) is 8.87. The Morgan fingerprint density at radius 1 is 1.64 bits per heavy atom. The average Bonchev–Trinajstić information content (AvgIpc) is 2.59. The molecule has 4 heteroatoms. The molecule has 2 rings (SSSR count). The number of ether oxygens (including phenoxy) is 2. The molecule has 4 nitrogen and oxygen atoms in total. The van der Waals surface area contributed by atoms with E-state index in [0.717, 1.165) is 11.3 Å². The van der Waals surface area contributed by atoms with E-state index in [1.165, 1.54) is 0 Å². The second kappa shape index (κ2) is 3.21. The van der Waals surface area contributed by atoms with E-state index in [0.29, 0.717) is 12.2 Å². The lowest BCUT2D eigenvalue weighted by Crippen LogP contribution is -2.24. The molecule has 1 aromatic carbocycles. The summed E-state index contributed by atoms with van der Waals surface area (Å²) in [7, 11) is 1.58. The monoisotopic (exact) mass is 194 g/mol. The van der Waals surface area contributed by atoms with Gasteiger partial charge in [0.15, 0.2) is 6.10 Å². The van der Waals surface area contributed by atoms with Crippen molar-refractivity contribution in [1.29, 1.82) is 0 Å². The maximum Gasteiger partial charge on any atom is 0.345 e. The molecule has 0 saturated carbocycles. The molecule has 0 fully saturated rings. The van der Waals surface area contributed by atoms with Crippen LogP contribution in [-0.4, -0.2) is 24.3 Å². The van der Waals surface area contributed by atoms with Crippen LogP contribution < -0.4 is 9.47 Å². The van der Waals surface area contributed by atoms with E-state index in [2.05, 4.69) is 0 Å². The second-order valence-electron chi connectivity index (χ2n) is 3.12. The van der Waals surface area contributed by atoms with Crippen LogP contribution in [0.5, 0.6) is 11.5 Å². The van der Waals surface area contributed by atoms with Crippen LogP contribution >= 0.6 is 0 Å². The summed E-state index contributed by atoms with van der Waals surface area (Å²) in [6.45, 7) is 0. The Balaban J connectivity index is 2.27. The molecule has 1 N–H and O–H groups in total.